The molecule has 374 valence electrons. The van der Waals surface area contributed by atoms with Crippen molar-refractivity contribution in [2.45, 2.75) is 0 Å². The van der Waals surface area contributed by atoms with Crippen LogP contribution in [0.1, 0.15) is 0 Å². The molecule has 0 heterocycles. The lowest BCUT2D eigenvalue weighted by Crippen LogP contribution is -2.18. The van der Waals surface area contributed by atoms with Crippen LogP contribution in [0.25, 0.3) is 33.4 Å². The summed E-state index contributed by atoms with van der Waals surface area (Å²) in [5.74, 6) is 0. The van der Waals surface area contributed by atoms with E-state index in [1.54, 1.807) is 6.07 Å². The van der Waals surface area contributed by atoms with Crippen LogP contribution in [0, 0.1) is 0 Å². The molecule has 0 amide bonds. The molecule has 12 aromatic carbocycles. The Labute approximate surface area is 467 Å². The normalized spacial score (nSPS) is 10.9. The third-order valence-electron chi connectivity index (χ3n) is 13.8. The van der Waals surface area contributed by atoms with Crippen LogP contribution in [0.15, 0.2) is 315 Å². The van der Waals surface area contributed by atoms with E-state index in [9.17, 15) is 0 Å². The van der Waals surface area contributed by atoms with E-state index >= 15 is 0 Å². The second-order valence-corrected chi connectivity index (χ2v) is 19.7. The molecule has 0 unspecified atom stereocenters. The molecule has 12 aromatic rings. The lowest BCUT2D eigenvalue weighted by molar-refractivity contribution is 1.22. The third kappa shape index (κ3) is 10.4. The smallest absolute Gasteiger partial charge is 0.0618 e. The molecule has 0 bridgehead atoms. The Kier molecular flexibility index (Phi) is 14.4. The lowest BCUT2D eigenvalue weighted by atomic mass is 9.94. The molecule has 6 heteroatoms. The molecule has 0 spiro atoms. The maximum Gasteiger partial charge on any atom is 0.0618 e. The average molecular weight is 1040 g/mol. The quantitative estimate of drug-likeness (QED) is 0.101. The predicted octanol–water partition coefficient (Wildman–Crippen LogP) is 21.9. The summed E-state index contributed by atoms with van der Waals surface area (Å²) in [6.07, 6.45) is 0. The van der Waals surface area contributed by atoms with Gasteiger partial charge < -0.3 is 19.6 Å². The van der Waals surface area contributed by atoms with E-state index in [0.29, 0.717) is 10.0 Å². The zero-order chi connectivity index (χ0) is 52.6. The van der Waals surface area contributed by atoms with Gasteiger partial charge in [0.1, 0.15) is 0 Å². The van der Waals surface area contributed by atoms with Gasteiger partial charge >= 0.3 is 0 Å². The number of halogens is 2. The van der Waals surface area contributed by atoms with Crippen molar-refractivity contribution in [2.24, 2.45) is 0 Å². The molecule has 0 fully saturated rings. The summed E-state index contributed by atoms with van der Waals surface area (Å²) in [6, 6.07) is 111. The summed E-state index contributed by atoms with van der Waals surface area (Å²) < 4.78 is 0. The van der Waals surface area contributed by atoms with Gasteiger partial charge in [-0.2, -0.15) is 0 Å². The van der Waals surface area contributed by atoms with Crippen molar-refractivity contribution in [3.05, 3.63) is 325 Å². The zero-order valence-electron chi connectivity index (χ0n) is 42.6. The minimum Gasteiger partial charge on any atom is -0.310 e. The number of hydrogen-bond acceptors (Lipinski definition) is 4. The molecular weight excluding hydrogens is 992 g/mol. The van der Waals surface area contributed by atoms with Crippen LogP contribution in [0.3, 0.4) is 0 Å². The first-order chi connectivity index (χ1) is 38.5. The number of benzene rings is 12. The molecule has 0 saturated carbocycles. The molecular formula is C72H52Cl2N4. The second-order valence-electron chi connectivity index (χ2n) is 18.9. The Hall–Kier alpha value is -9.58. The Morgan fingerprint density at radius 2 is 0.474 bits per heavy atom. The monoisotopic (exact) mass is 1040 g/mol. The summed E-state index contributed by atoms with van der Waals surface area (Å²) in [4.78, 5) is 9.42. The van der Waals surface area contributed by atoms with Gasteiger partial charge in [0, 0.05) is 66.5 Å². The summed E-state index contributed by atoms with van der Waals surface area (Å²) in [7, 11) is 0. The van der Waals surface area contributed by atoms with Crippen LogP contribution in [0.2, 0.25) is 10.0 Å². The van der Waals surface area contributed by atoms with E-state index in [-0.39, 0.29) is 0 Å². The number of nitrogens with zero attached hydrogens (tertiary/aromatic N) is 4. The number of anilines is 12. The van der Waals surface area contributed by atoms with Gasteiger partial charge in [-0.05, 0) is 126 Å². The number of hydrogen-bond donors (Lipinski definition) is 0. The van der Waals surface area contributed by atoms with Crippen LogP contribution in [0.5, 0.6) is 0 Å². The highest BCUT2D eigenvalue weighted by Gasteiger charge is 2.27. The molecule has 0 radical (unpaired) electrons. The van der Waals surface area contributed by atoms with Gasteiger partial charge in [-0.25, -0.2) is 0 Å². The van der Waals surface area contributed by atoms with Gasteiger partial charge in [0.15, 0.2) is 0 Å². The highest BCUT2D eigenvalue weighted by molar-refractivity contribution is 6.35. The molecule has 0 aliphatic rings. The topological polar surface area (TPSA) is 13.0 Å². The molecule has 0 N–H and O–H groups in total. The van der Waals surface area contributed by atoms with Gasteiger partial charge in [-0.1, -0.05) is 229 Å². The highest BCUT2D eigenvalue weighted by Crippen LogP contribution is 2.52. The lowest BCUT2D eigenvalue weighted by Gasteiger charge is -2.35. The summed E-state index contributed by atoms with van der Waals surface area (Å²) >= 11 is 13.9. The maximum atomic E-state index is 6.95. The van der Waals surface area contributed by atoms with E-state index in [2.05, 4.69) is 311 Å². The Morgan fingerprint density at radius 3 is 0.897 bits per heavy atom. The first kappa shape index (κ1) is 49.3. The van der Waals surface area contributed by atoms with E-state index in [1.165, 1.54) is 0 Å². The van der Waals surface area contributed by atoms with E-state index in [0.717, 1.165) is 102 Å². The van der Waals surface area contributed by atoms with Crippen molar-refractivity contribution in [2.75, 3.05) is 19.6 Å². The summed E-state index contributed by atoms with van der Waals surface area (Å²) in [6.45, 7) is 0. The van der Waals surface area contributed by atoms with E-state index in [4.69, 9.17) is 23.2 Å². The van der Waals surface area contributed by atoms with Gasteiger partial charge in [0.2, 0.25) is 0 Å². The van der Waals surface area contributed by atoms with Crippen molar-refractivity contribution in [1.29, 1.82) is 0 Å². The van der Waals surface area contributed by atoms with E-state index < -0.39 is 0 Å². The first-order valence-corrected chi connectivity index (χ1v) is 26.8. The maximum absolute atomic E-state index is 6.95. The fourth-order valence-corrected chi connectivity index (χ4v) is 11.0. The summed E-state index contributed by atoms with van der Waals surface area (Å²) in [5, 5.41) is 1.07. The fourth-order valence-electron chi connectivity index (χ4n) is 10.5. The minimum absolute atomic E-state index is 0.536. The number of rotatable bonds is 15. The molecule has 0 aromatic heterocycles. The third-order valence-corrected chi connectivity index (χ3v) is 14.3. The predicted molar refractivity (Wildman–Crippen MR) is 332 cm³/mol. The molecule has 78 heavy (non-hydrogen) atoms. The van der Waals surface area contributed by atoms with E-state index in [1.807, 2.05) is 18.2 Å². The molecule has 0 aliphatic carbocycles. The van der Waals surface area contributed by atoms with Crippen molar-refractivity contribution >= 4 is 91.5 Å². The van der Waals surface area contributed by atoms with Crippen molar-refractivity contribution in [1.82, 2.24) is 0 Å². The van der Waals surface area contributed by atoms with Gasteiger partial charge in [-0.3, -0.25) is 0 Å². The average Bonchev–Trinajstić information content (AvgIpc) is 3.64. The van der Waals surface area contributed by atoms with Crippen LogP contribution in [-0.4, -0.2) is 0 Å². The van der Waals surface area contributed by atoms with Gasteiger partial charge in [-0.15, -0.1) is 0 Å². The second kappa shape index (κ2) is 22.7. The van der Waals surface area contributed by atoms with Crippen LogP contribution in [0.4, 0.5) is 68.2 Å². The molecule has 0 aliphatic heterocycles. The SMILES string of the molecule is Clc1cc(Cl)cc(N(c2cccc(N(c3cc(N(c4ccccc4)c4ccccc4)cc(N(c4ccccc4)c4ccccc4)c3)c3c(-c4ccccc4)cccc3-c3ccccc3)c2)c2ccccc2-c2ccccc2)c1. The van der Waals surface area contributed by atoms with Crippen molar-refractivity contribution in [3.8, 4) is 33.4 Å². The largest absolute Gasteiger partial charge is 0.310 e. The van der Waals surface area contributed by atoms with Gasteiger partial charge in [0.25, 0.3) is 0 Å². The summed E-state index contributed by atoms with van der Waals surface area (Å²) in [5.41, 5.74) is 18.0. The molecule has 0 atom stereocenters. The van der Waals surface area contributed by atoms with Crippen LogP contribution >= 0.6 is 23.2 Å². The van der Waals surface area contributed by atoms with Crippen LogP contribution < -0.4 is 19.6 Å². The van der Waals surface area contributed by atoms with Crippen molar-refractivity contribution < 1.29 is 0 Å². The minimum atomic E-state index is 0.536. The highest BCUT2D eigenvalue weighted by atomic mass is 35.5. The Balaban J connectivity index is 1.20. The van der Waals surface area contributed by atoms with Crippen LogP contribution in [-0.2, 0) is 0 Å². The first-order valence-electron chi connectivity index (χ1n) is 26.0. The Bertz CT molecular complexity index is 3680. The van der Waals surface area contributed by atoms with Crippen molar-refractivity contribution in [3.63, 3.8) is 0 Å². The van der Waals surface area contributed by atoms with Gasteiger partial charge in [0.05, 0.1) is 28.4 Å². The fraction of sp³-hybridized carbons (Fsp3) is 0. The Morgan fingerprint density at radius 1 is 0.192 bits per heavy atom. The molecule has 4 nitrogen and oxygen atoms in total. The molecule has 0 saturated heterocycles. The number of para-hydroxylation sites is 6. The standard InChI is InChI=1S/C72H52Cl2N4/c73-56-46-57(74)48-64(47-56)77(71-45-23-22-42-68(71)53-26-8-1-9-27-53)62-40-24-41-63(49-62)78(72-69(54-28-10-2-11-29-54)43-25-44-70(72)55-30-12-3-13-31-55)67-51-65(75(58-32-14-4-15-33-58)59-34-16-5-17-35-59)50-66(52-67)76(60-36-18-6-19-37-60)61-38-20-7-21-39-61/h1-52H. The zero-order valence-corrected chi connectivity index (χ0v) is 44.1. The molecule has 12 rings (SSSR count).